The molecular formula is C21H27ClN3O2S+. The van der Waals surface area contributed by atoms with Crippen LogP contribution in [0.1, 0.15) is 34.1 Å². The average molecular weight is 421 g/mol. The van der Waals surface area contributed by atoms with Gasteiger partial charge in [0.25, 0.3) is 5.91 Å². The van der Waals surface area contributed by atoms with E-state index in [0.29, 0.717) is 43.1 Å². The molecule has 2 amide bonds. The SMILES string of the molecule is C[NH+](C)[C@@H](CNC(=O)C1CCN(C(=O)c2ccc(Cl)cc2)CC1)c1cccs1. The summed E-state index contributed by atoms with van der Waals surface area (Å²) in [5.41, 5.74) is 0.639. The minimum absolute atomic E-state index is 0.00416. The molecule has 2 aromatic rings. The summed E-state index contributed by atoms with van der Waals surface area (Å²) in [4.78, 5) is 29.6. The van der Waals surface area contributed by atoms with Gasteiger partial charge in [-0.05, 0) is 48.6 Å². The maximum Gasteiger partial charge on any atom is 0.253 e. The van der Waals surface area contributed by atoms with E-state index in [1.165, 1.54) is 9.78 Å². The Bertz CT molecular complexity index is 784. The van der Waals surface area contributed by atoms with Crippen molar-refractivity contribution in [1.82, 2.24) is 10.2 Å². The van der Waals surface area contributed by atoms with Gasteiger partial charge in [0, 0.05) is 29.6 Å². The first kappa shape index (κ1) is 20.8. The number of amides is 2. The quantitative estimate of drug-likeness (QED) is 0.753. The molecule has 3 rings (SSSR count). The molecule has 0 bridgehead atoms. The van der Waals surface area contributed by atoms with Crippen molar-refractivity contribution in [2.75, 3.05) is 33.7 Å². The molecule has 150 valence electrons. The van der Waals surface area contributed by atoms with Crippen molar-refractivity contribution < 1.29 is 14.5 Å². The number of hydrogen-bond acceptors (Lipinski definition) is 3. The first-order chi connectivity index (χ1) is 13.5. The summed E-state index contributed by atoms with van der Waals surface area (Å²) in [7, 11) is 4.22. The summed E-state index contributed by atoms with van der Waals surface area (Å²) >= 11 is 7.61. The topological polar surface area (TPSA) is 53.9 Å². The zero-order valence-electron chi connectivity index (χ0n) is 16.3. The fourth-order valence-corrected chi connectivity index (χ4v) is 4.63. The Kier molecular flexibility index (Phi) is 7.10. The van der Waals surface area contributed by atoms with Crippen LogP contribution in [0.5, 0.6) is 0 Å². The predicted octanol–water partition coefficient (Wildman–Crippen LogP) is 2.26. The van der Waals surface area contributed by atoms with Gasteiger partial charge in [0.2, 0.25) is 5.91 Å². The third-order valence-electron chi connectivity index (χ3n) is 5.31. The van der Waals surface area contributed by atoms with Crippen molar-refractivity contribution in [3.8, 4) is 0 Å². The van der Waals surface area contributed by atoms with Gasteiger partial charge in [-0.1, -0.05) is 17.7 Å². The summed E-state index contributed by atoms with van der Waals surface area (Å²) in [6, 6.07) is 11.4. The summed E-state index contributed by atoms with van der Waals surface area (Å²) in [6.07, 6.45) is 1.40. The molecule has 1 aromatic heterocycles. The van der Waals surface area contributed by atoms with Gasteiger partial charge in [-0.25, -0.2) is 0 Å². The largest absolute Gasteiger partial charge is 0.349 e. The standard InChI is InChI=1S/C21H26ClN3O2S/c1-24(2)18(19-4-3-13-28-19)14-23-20(26)15-9-11-25(12-10-15)21(27)16-5-7-17(22)8-6-16/h3-8,13,15,18H,9-12,14H2,1-2H3,(H,23,26)/p+1/t18-/m0/s1. The summed E-state index contributed by atoms with van der Waals surface area (Å²) in [5.74, 6) is 0.0707. The zero-order chi connectivity index (χ0) is 20.1. The van der Waals surface area contributed by atoms with E-state index in [-0.39, 0.29) is 23.8 Å². The van der Waals surface area contributed by atoms with Crippen LogP contribution in [0.25, 0.3) is 0 Å². The maximum atomic E-state index is 12.6. The maximum absolute atomic E-state index is 12.6. The number of thiophene rings is 1. The first-order valence-corrected chi connectivity index (χ1v) is 10.9. The van der Waals surface area contributed by atoms with Crippen molar-refractivity contribution in [3.05, 3.63) is 57.2 Å². The molecule has 2 heterocycles. The highest BCUT2D eigenvalue weighted by atomic mass is 35.5. The minimum Gasteiger partial charge on any atom is -0.349 e. The highest BCUT2D eigenvalue weighted by Gasteiger charge is 2.29. The lowest BCUT2D eigenvalue weighted by molar-refractivity contribution is -0.890. The minimum atomic E-state index is -0.0320. The fourth-order valence-electron chi connectivity index (χ4n) is 3.55. The fraction of sp³-hybridized carbons (Fsp3) is 0.429. The van der Waals surface area contributed by atoms with Gasteiger partial charge in [-0.15, -0.1) is 11.3 Å². The highest BCUT2D eigenvalue weighted by Crippen LogP contribution is 2.21. The van der Waals surface area contributed by atoms with E-state index in [4.69, 9.17) is 11.6 Å². The van der Waals surface area contributed by atoms with Crippen LogP contribution in [0.2, 0.25) is 5.02 Å². The molecule has 1 aliphatic rings. The number of likely N-dealkylation sites (N-methyl/N-ethyl adjacent to an activating group) is 1. The Labute approximate surface area is 175 Å². The number of piperidine rings is 1. The molecule has 1 aliphatic heterocycles. The van der Waals surface area contributed by atoms with Crippen LogP contribution in [0.4, 0.5) is 0 Å². The van der Waals surface area contributed by atoms with Crippen LogP contribution in [-0.4, -0.2) is 50.4 Å². The van der Waals surface area contributed by atoms with Gasteiger partial charge in [0.15, 0.2) is 0 Å². The molecule has 0 saturated carbocycles. The lowest BCUT2D eigenvalue weighted by Gasteiger charge is -2.31. The van der Waals surface area contributed by atoms with Crippen LogP contribution < -0.4 is 10.2 Å². The molecule has 2 N–H and O–H groups in total. The van der Waals surface area contributed by atoms with Gasteiger partial charge < -0.3 is 15.1 Å². The van der Waals surface area contributed by atoms with Gasteiger partial charge >= 0.3 is 0 Å². The van der Waals surface area contributed by atoms with E-state index in [0.717, 1.165) is 0 Å². The van der Waals surface area contributed by atoms with Gasteiger partial charge in [-0.2, -0.15) is 0 Å². The van der Waals surface area contributed by atoms with Crippen LogP contribution in [0.15, 0.2) is 41.8 Å². The third-order valence-corrected chi connectivity index (χ3v) is 6.55. The normalized spacial score (nSPS) is 16.2. The number of nitrogens with one attached hydrogen (secondary N) is 2. The predicted molar refractivity (Wildman–Crippen MR) is 113 cm³/mol. The van der Waals surface area contributed by atoms with Crippen LogP contribution >= 0.6 is 22.9 Å². The second kappa shape index (κ2) is 9.54. The molecule has 1 atom stereocenters. The molecule has 1 fully saturated rings. The molecule has 0 spiro atoms. The van der Waals surface area contributed by atoms with E-state index < -0.39 is 0 Å². The molecule has 0 unspecified atom stereocenters. The van der Waals surface area contributed by atoms with E-state index in [1.54, 1.807) is 35.6 Å². The number of carbonyl (C=O) groups is 2. The summed E-state index contributed by atoms with van der Waals surface area (Å²) in [6.45, 7) is 1.84. The van der Waals surface area contributed by atoms with Crippen LogP contribution in [0.3, 0.4) is 0 Å². The number of quaternary nitrogens is 1. The van der Waals surface area contributed by atoms with Crippen molar-refractivity contribution in [3.63, 3.8) is 0 Å². The van der Waals surface area contributed by atoms with Crippen molar-refractivity contribution in [1.29, 1.82) is 0 Å². The lowest BCUT2D eigenvalue weighted by atomic mass is 9.95. The first-order valence-electron chi connectivity index (χ1n) is 9.61. The molecule has 0 radical (unpaired) electrons. The summed E-state index contributed by atoms with van der Waals surface area (Å²) < 4.78 is 0. The van der Waals surface area contributed by atoms with Crippen LogP contribution in [0, 0.1) is 5.92 Å². The molecule has 28 heavy (non-hydrogen) atoms. The van der Waals surface area contributed by atoms with E-state index in [2.05, 4.69) is 30.9 Å². The molecular weight excluding hydrogens is 394 g/mol. The monoisotopic (exact) mass is 420 g/mol. The Morgan fingerprint density at radius 1 is 1.21 bits per heavy atom. The number of hydrogen-bond donors (Lipinski definition) is 2. The second-order valence-electron chi connectivity index (χ2n) is 7.46. The average Bonchev–Trinajstić information content (AvgIpc) is 3.22. The van der Waals surface area contributed by atoms with Gasteiger partial charge in [0.1, 0.15) is 6.04 Å². The number of benzene rings is 1. The van der Waals surface area contributed by atoms with Gasteiger partial charge in [-0.3, -0.25) is 9.59 Å². The Morgan fingerprint density at radius 3 is 2.46 bits per heavy atom. The summed E-state index contributed by atoms with van der Waals surface area (Å²) in [5, 5.41) is 5.82. The number of carbonyl (C=O) groups excluding carboxylic acids is 2. The molecule has 1 aromatic carbocycles. The smallest absolute Gasteiger partial charge is 0.253 e. The lowest BCUT2D eigenvalue weighted by Crippen LogP contribution is -3.06. The zero-order valence-corrected chi connectivity index (χ0v) is 17.9. The highest BCUT2D eigenvalue weighted by molar-refractivity contribution is 7.10. The molecule has 1 saturated heterocycles. The van der Waals surface area contributed by atoms with Crippen molar-refractivity contribution >= 4 is 34.8 Å². The second-order valence-corrected chi connectivity index (χ2v) is 8.88. The van der Waals surface area contributed by atoms with E-state index in [9.17, 15) is 9.59 Å². The number of likely N-dealkylation sites (tertiary alicyclic amines) is 1. The van der Waals surface area contributed by atoms with Crippen molar-refractivity contribution in [2.24, 2.45) is 5.92 Å². The Balaban J connectivity index is 1.49. The number of rotatable bonds is 6. The van der Waals surface area contributed by atoms with E-state index in [1.807, 2.05) is 11.0 Å². The molecule has 0 aliphatic carbocycles. The number of halogens is 1. The van der Waals surface area contributed by atoms with Gasteiger partial charge in [0.05, 0.1) is 25.5 Å². The van der Waals surface area contributed by atoms with Crippen molar-refractivity contribution in [2.45, 2.75) is 18.9 Å². The third kappa shape index (κ3) is 5.13. The Morgan fingerprint density at radius 2 is 1.89 bits per heavy atom. The molecule has 7 heteroatoms. The van der Waals surface area contributed by atoms with E-state index >= 15 is 0 Å². The Hall–Kier alpha value is -1.89. The van der Waals surface area contributed by atoms with Crippen LogP contribution in [-0.2, 0) is 4.79 Å². The molecule has 5 nitrogen and oxygen atoms in total. The number of nitrogens with zero attached hydrogens (tertiary/aromatic N) is 1.